The van der Waals surface area contributed by atoms with Crippen LogP contribution in [0, 0.1) is 15.7 Å². The molecule has 9 heteroatoms. The third-order valence-corrected chi connectivity index (χ3v) is 7.42. The third kappa shape index (κ3) is 6.24. The fourth-order valence-corrected chi connectivity index (χ4v) is 6.17. The third-order valence-electron chi connectivity index (χ3n) is 4.90. The first-order valence-electron chi connectivity index (χ1n) is 10.2. The first-order valence-corrected chi connectivity index (χ1v) is 12.7. The van der Waals surface area contributed by atoms with E-state index >= 15 is 0 Å². The van der Waals surface area contributed by atoms with Crippen molar-refractivity contribution in [3.8, 4) is 11.5 Å². The second kappa shape index (κ2) is 10.3. The van der Waals surface area contributed by atoms with E-state index in [0.717, 1.165) is 9.79 Å². The molecule has 178 valence electrons. The molecule has 0 aromatic heterocycles. The van der Waals surface area contributed by atoms with Crippen LogP contribution in [0.4, 0.5) is 0 Å². The molecule has 7 nitrogen and oxygen atoms in total. The molecule has 1 aliphatic rings. The van der Waals surface area contributed by atoms with Crippen LogP contribution in [0.2, 0.25) is 0 Å². The Hall–Kier alpha value is -2.72. The predicted molar refractivity (Wildman–Crippen MR) is 116 cm³/mol. The number of carbonyl (C=O) groups excluding carboxylic acids is 2. The van der Waals surface area contributed by atoms with E-state index in [1.165, 1.54) is 0 Å². The quantitative estimate of drug-likeness (QED) is 0.294. The number of fused-ring (bicyclic) bond motifs is 2. The van der Waals surface area contributed by atoms with Crippen LogP contribution in [0.1, 0.15) is 31.1 Å². The maximum Gasteiger partial charge on any atom is 0.249 e. The number of benzene rings is 3. The molecule has 1 unspecified atom stereocenters. The van der Waals surface area contributed by atoms with Gasteiger partial charge in [0, 0.05) is 11.0 Å². The van der Waals surface area contributed by atoms with Crippen LogP contribution in [-0.4, -0.2) is 16.8 Å². The number of Topliss-reactive ketones (excluding diaryl/α,β-unsaturated/α-hetero) is 2. The molecular formula is C25H23ClO7S. The average molecular weight is 503 g/mol. The number of ketones is 2. The summed E-state index contributed by atoms with van der Waals surface area (Å²) >= 11 is 0. The molecule has 0 saturated heterocycles. The van der Waals surface area contributed by atoms with E-state index in [1.54, 1.807) is 12.1 Å². The van der Waals surface area contributed by atoms with Gasteiger partial charge >= 0.3 is 0 Å². The predicted octanol–water partition coefficient (Wildman–Crippen LogP) is 0.939. The number of hydrogen-bond donors (Lipinski definition) is 0. The van der Waals surface area contributed by atoms with Gasteiger partial charge in [-0.1, -0.05) is 75.4 Å². The Morgan fingerprint density at radius 2 is 1.18 bits per heavy atom. The van der Waals surface area contributed by atoms with Crippen molar-refractivity contribution in [2.75, 3.05) is 0 Å². The van der Waals surface area contributed by atoms with Crippen molar-refractivity contribution in [2.24, 2.45) is 5.41 Å². The molecule has 1 aliphatic heterocycles. The largest absolute Gasteiger partial charge is 0.447 e. The van der Waals surface area contributed by atoms with Gasteiger partial charge in [-0.25, -0.2) is 18.6 Å². The maximum atomic E-state index is 13.7. The Labute approximate surface area is 202 Å². The van der Waals surface area contributed by atoms with Crippen LogP contribution in [0.25, 0.3) is 0 Å². The molecule has 0 amide bonds. The van der Waals surface area contributed by atoms with Gasteiger partial charge in [-0.3, -0.25) is 9.59 Å². The van der Waals surface area contributed by atoms with Gasteiger partial charge in [0.15, 0.2) is 17.3 Å². The number of ether oxygens (including phenoxy) is 1. The van der Waals surface area contributed by atoms with Crippen LogP contribution in [-0.2, 0) is 15.7 Å². The van der Waals surface area contributed by atoms with Gasteiger partial charge in [0.05, 0.1) is 10.9 Å². The fraction of sp³-hybridized carbons (Fsp3) is 0.200. The smallest absolute Gasteiger partial charge is 0.249 e. The lowest BCUT2D eigenvalue weighted by atomic mass is 9.86. The summed E-state index contributed by atoms with van der Waals surface area (Å²) in [5, 5.41) is -0.802. The van der Waals surface area contributed by atoms with Crippen LogP contribution >= 0.6 is 0 Å². The molecule has 0 radical (unpaired) electrons. The summed E-state index contributed by atoms with van der Waals surface area (Å²) < 4.78 is 40.1. The highest BCUT2D eigenvalue weighted by Crippen LogP contribution is 2.46. The molecule has 0 N–H and O–H groups in total. The summed E-state index contributed by atoms with van der Waals surface area (Å²) in [6.45, 7) is 5.63. The molecule has 0 fully saturated rings. The second-order valence-corrected chi connectivity index (χ2v) is 11.2. The van der Waals surface area contributed by atoms with E-state index in [0.29, 0.717) is 17.1 Å². The van der Waals surface area contributed by atoms with Gasteiger partial charge in [-0.15, -0.1) is 10.2 Å². The minimum absolute atomic E-state index is 0.0545. The summed E-state index contributed by atoms with van der Waals surface area (Å²) in [5.41, 5.74) is -0.0892. The molecule has 3 aromatic carbocycles. The van der Waals surface area contributed by atoms with E-state index in [1.807, 2.05) is 87.5 Å². The SMILES string of the molecule is CC(C)(C)C(=O)C(C(=O)c1ccccc1)[S+]1c2ccccc2Oc2ccccc21.[O-][Cl+3]([O-])([O-])[O-]. The normalized spacial score (nSPS) is 14.0. The van der Waals surface area contributed by atoms with Crippen molar-refractivity contribution in [1.29, 1.82) is 0 Å². The maximum absolute atomic E-state index is 13.7. The number of hydrogen-bond acceptors (Lipinski definition) is 7. The lowest BCUT2D eigenvalue weighted by Crippen LogP contribution is -2.68. The Bertz CT molecular complexity index is 1120. The van der Waals surface area contributed by atoms with Gasteiger partial charge < -0.3 is 4.74 Å². The fourth-order valence-electron chi connectivity index (χ4n) is 3.40. The molecule has 34 heavy (non-hydrogen) atoms. The van der Waals surface area contributed by atoms with E-state index in [-0.39, 0.29) is 11.6 Å². The van der Waals surface area contributed by atoms with E-state index < -0.39 is 31.8 Å². The molecule has 1 heterocycles. The summed E-state index contributed by atoms with van der Waals surface area (Å²) in [6, 6.07) is 24.5. The lowest BCUT2D eigenvalue weighted by Gasteiger charge is -2.27. The summed E-state index contributed by atoms with van der Waals surface area (Å²) in [5.74, 6) is 1.23. The highest BCUT2D eigenvalue weighted by Gasteiger charge is 2.53. The molecule has 1 atom stereocenters. The van der Waals surface area contributed by atoms with Gasteiger partial charge in [-0.2, -0.15) is 0 Å². The molecule has 0 saturated carbocycles. The van der Waals surface area contributed by atoms with Crippen LogP contribution in [0.5, 0.6) is 11.5 Å². The molecule has 4 rings (SSSR count). The Kier molecular flexibility index (Phi) is 7.82. The Morgan fingerprint density at radius 3 is 1.62 bits per heavy atom. The molecule has 3 aromatic rings. The van der Waals surface area contributed by atoms with Crippen molar-refractivity contribution in [1.82, 2.24) is 0 Å². The first-order chi connectivity index (χ1) is 15.9. The zero-order valence-corrected chi connectivity index (χ0v) is 20.3. The molecule has 0 aliphatic carbocycles. The topological polar surface area (TPSA) is 136 Å². The van der Waals surface area contributed by atoms with Crippen LogP contribution < -0.4 is 23.4 Å². The van der Waals surface area contributed by atoms with Crippen LogP contribution in [0.3, 0.4) is 0 Å². The van der Waals surface area contributed by atoms with E-state index in [9.17, 15) is 9.59 Å². The van der Waals surface area contributed by atoms with Gasteiger partial charge in [0.2, 0.25) is 20.8 Å². The molecular weight excluding hydrogens is 480 g/mol. The van der Waals surface area contributed by atoms with Crippen LogP contribution in [0.15, 0.2) is 88.7 Å². The minimum Gasteiger partial charge on any atom is -0.447 e. The number of rotatable bonds is 4. The zero-order valence-electron chi connectivity index (χ0n) is 18.7. The second-order valence-electron chi connectivity index (χ2n) is 8.44. The number of carbonyl (C=O) groups is 2. The highest BCUT2D eigenvalue weighted by atomic mass is 35.7. The van der Waals surface area contributed by atoms with Crippen molar-refractivity contribution in [2.45, 2.75) is 35.8 Å². The summed E-state index contributed by atoms with van der Waals surface area (Å²) in [6.07, 6.45) is 0. The van der Waals surface area contributed by atoms with Crippen molar-refractivity contribution in [3.63, 3.8) is 0 Å². The number of halogens is 1. The first kappa shape index (κ1) is 25.9. The monoisotopic (exact) mass is 502 g/mol. The molecule has 0 spiro atoms. The standard InChI is InChI=1S/C25H23O3S.ClHO4/c1-25(2,3)24(27)23(22(26)17-11-5-4-6-12-17)29-20-15-9-7-13-18(20)28-19-14-8-10-16-21(19)29;2-1(3,4)5/h4-16,23H,1-3H3;(H,2,3,4,5)/q+1;/p-1. The van der Waals surface area contributed by atoms with Crippen molar-refractivity contribution < 1.29 is 43.2 Å². The Balaban J connectivity index is 0.000000588. The molecule has 0 bridgehead atoms. The van der Waals surface area contributed by atoms with Gasteiger partial charge in [0.1, 0.15) is 0 Å². The lowest BCUT2D eigenvalue weighted by molar-refractivity contribution is -2.00. The van der Waals surface area contributed by atoms with E-state index in [2.05, 4.69) is 0 Å². The van der Waals surface area contributed by atoms with Gasteiger partial charge in [-0.05, 0) is 24.3 Å². The van der Waals surface area contributed by atoms with Gasteiger partial charge in [0.25, 0.3) is 0 Å². The summed E-state index contributed by atoms with van der Waals surface area (Å²) in [7, 11) is -5.71. The van der Waals surface area contributed by atoms with Crippen molar-refractivity contribution >= 4 is 22.5 Å². The zero-order chi connectivity index (χ0) is 25.1. The highest BCUT2D eigenvalue weighted by molar-refractivity contribution is 7.99. The van der Waals surface area contributed by atoms with E-state index in [4.69, 9.17) is 23.4 Å². The minimum atomic E-state index is -4.94. The summed E-state index contributed by atoms with van der Waals surface area (Å²) in [4.78, 5) is 29.1. The average Bonchev–Trinajstić information content (AvgIpc) is 2.77. The van der Waals surface area contributed by atoms with Crippen molar-refractivity contribution in [3.05, 3.63) is 84.4 Å². The Morgan fingerprint density at radius 1 is 0.765 bits per heavy atom. The number of para-hydroxylation sites is 2.